The summed E-state index contributed by atoms with van der Waals surface area (Å²) in [5.74, 6) is 0.365. The summed E-state index contributed by atoms with van der Waals surface area (Å²) in [6.07, 6.45) is 5.62. The number of aryl methyl sites for hydroxylation is 2. The lowest BCUT2D eigenvalue weighted by Crippen LogP contribution is -2.21. The Morgan fingerprint density at radius 1 is 1.30 bits per heavy atom. The number of thiophene rings is 1. The molecule has 0 spiro atoms. The smallest absolute Gasteiger partial charge is 0.284 e. The van der Waals surface area contributed by atoms with Gasteiger partial charge in [0.05, 0.1) is 16.5 Å². The van der Waals surface area contributed by atoms with Gasteiger partial charge >= 0.3 is 0 Å². The minimum absolute atomic E-state index is 0.00761. The molecular formula is C18H17N5O3S. The average Bonchev–Trinajstić information content (AvgIpc) is 3.06. The standard InChI is InChI=1S/C18H17N5O3S/c1-19-18-21-16-15(13-4-2-3-5-14(13)27-16)17(24)22(18)20-10-11-6-8-12(9-7-11)23(25)26/h6-10H,2-5H2,1H3,(H,19,21)/b20-10+. The van der Waals surface area contributed by atoms with Gasteiger partial charge in [-0.2, -0.15) is 9.78 Å². The number of nitrogens with zero attached hydrogens (tertiary/aromatic N) is 4. The summed E-state index contributed by atoms with van der Waals surface area (Å²) in [5, 5.41) is 18.6. The Balaban J connectivity index is 1.79. The first-order valence-corrected chi connectivity index (χ1v) is 9.44. The second-order valence-electron chi connectivity index (χ2n) is 6.29. The molecule has 8 nitrogen and oxygen atoms in total. The Morgan fingerprint density at radius 3 is 2.74 bits per heavy atom. The molecule has 3 aromatic rings. The summed E-state index contributed by atoms with van der Waals surface area (Å²) in [6.45, 7) is 0. The van der Waals surface area contributed by atoms with E-state index < -0.39 is 4.92 Å². The molecule has 138 valence electrons. The Hall–Kier alpha value is -3.07. The van der Waals surface area contributed by atoms with Crippen molar-refractivity contribution in [2.45, 2.75) is 25.7 Å². The molecule has 0 atom stereocenters. The fourth-order valence-corrected chi connectivity index (χ4v) is 4.52. The number of hydrogen-bond acceptors (Lipinski definition) is 7. The molecule has 9 heteroatoms. The Bertz CT molecular complexity index is 1110. The number of nitrogens with one attached hydrogen (secondary N) is 1. The monoisotopic (exact) mass is 383 g/mol. The number of aromatic nitrogens is 2. The van der Waals surface area contributed by atoms with Crippen LogP contribution in [0.1, 0.15) is 28.8 Å². The van der Waals surface area contributed by atoms with Crippen molar-refractivity contribution in [3.8, 4) is 0 Å². The van der Waals surface area contributed by atoms with E-state index in [9.17, 15) is 14.9 Å². The first-order valence-electron chi connectivity index (χ1n) is 8.62. The molecule has 1 aromatic carbocycles. The van der Waals surface area contributed by atoms with E-state index >= 15 is 0 Å². The van der Waals surface area contributed by atoms with Crippen molar-refractivity contribution in [3.63, 3.8) is 0 Å². The van der Waals surface area contributed by atoms with Crippen LogP contribution in [-0.2, 0) is 12.8 Å². The molecule has 0 unspecified atom stereocenters. The Kier molecular flexibility index (Phi) is 4.44. The Labute approximate surface area is 158 Å². The van der Waals surface area contributed by atoms with Crippen molar-refractivity contribution < 1.29 is 4.92 Å². The van der Waals surface area contributed by atoms with Gasteiger partial charge in [0.15, 0.2) is 0 Å². The van der Waals surface area contributed by atoms with Crippen molar-refractivity contribution in [1.82, 2.24) is 9.66 Å². The Morgan fingerprint density at radius 2 is 2.04 bits per heavy atom. The predicted molar refractivity (Wildman–Crippen MR) is 106 cm³/mol. The average molecular weight is 383 g/mol. The van der Waals surface area contributed by atoms with Gasteiger partial charge in [0, 0.05) is 24.1 Å². The van der Waals surface area contributed by atoms with Crippen LogP contribution in [-0.4, -0.2) is 27.8 Å². The maximum atomic E-state index is 13.1. The van der Waals surface area contributed by atoms with Gasteiger partial charge in [-0.3, -0.25) is 14.9 Å². The highest BCUT2D eigenvalue weighted by Crippen LogP contribution is 2.34. The van der Waals surface area contributed by atoms with Crippen molar-refractivity contribution >= 4 is 39.4 Å². The number of nitro groups is 1. The van der Waals surface area contributed by atoms with Crippen molar-refractivity contribution in [2.24, 2.45) is 5.10 Å². The predicted octanol–water partition coefficient (Wildman–Crippen LogP) is 3.17. The van der Waals surface area contributed by atoms with Gasteiger partial charge in [-0.1, -0.05) is 0 Å². The van der Waals surface area contributed by atoms with E-state index in [1.807, 2.05) is 0 Å². The van der Waals surface area contributed by atoms with Gasteiger partial charge in [0.2, 0.25) is 5.95 Å². The summed E-state index contributed by atoms with van der Waals surface area (Å²) in [5.41, 5.74) is 1.58. The molecule has 1 aliphatic rings. The highest BCUT2D eigenvalue weighted by molar-refractivity contribution is 7.18. The lowest BCUT2D eigenvalue weighted by molar-refractivity contribution is -0.384. The van der Waals surface area contributed by atoms with Crippen LogP contribution >= 0.6 is 11.3 Å². The lowest BCUT2D eigenvalue weighted by atomic mass is 9.97. The van der Waals surface area contributed by atoms with Crippen LogP contribution in [0.5, 0.6) is 0 Å². The lowest BCUT2D eigenvalue weighted by Gasteiger charge is -2.10. The van der Waals surface area contributed by atoms with Gasteiger partial charge < -0.3 is 5.32 Å². The van der Waals surface area contributed by atoms with Crippen LogP contribution < -0.4 is 10.9 Å². The van der Waals surface area contributed by atoms with Gasteiger partial charge in [-0.25, -0.2) is 4.98 Å². The number of rotatable bonds is 4. The van der Waals surface area contributed by atoms with Crippen molar-refractivity contribution in [3.05, 3.63) is 60.7 Å². The second-order valence-corrected chi connectivity index (χ2v) is 7.37. The third-order valence-electron chi connectivity index (χ3n) is 4.62. The zero-order valence-corrected chi connectivity index (χ0v) is 15.5. The highest BCUT2D eigenvalue weighted by Gasteiger charge is 2.21. The number of anilines is 1. The van der Waals surface area contributed by atoms with Crippen LogP contribution in [0.2, 0.25) is 0 Å². The van der Waals surface area contributed by atoms with Crippen molar-refractivity contribution in [2.75, 3.05) is 12.4 Å². The van der Waals surface area contributed by atoms with Crippen LogP contribution in [0.15, 0.2) is 34.2 Å². The van der Waals surface area contributed by atoms with E-state index in [0.717, 1.165) is 36.1 Å². The van der Waals surface area contributed by atoms with Crippen LogP contribution in [0, 0.1) is 10.1 Å². The van der Waals surface area contributed by atoms with E-state index in [-0.39, 0.29) is 11.2 Å². The van der Waals surface area contributed by atoms with Crippen LogP contribution in [0.3, 0.4) is 0 Å². The van der Waals surface area contributed by atoms with E-state index in [4.69, 9.17) is 0 Å². The third kappa shape index (κ3) is 3.10. The van der Waals surface area contributed by atoms with Crippen LogP contribution in [0.25, 0.3) is 10.2 Å². The van der Waals surface area contributed by atoms with Gasteiger partial charge in [0.25, 0.3) is 11.2 Å². The quantitative estimate of drug-likeness (QED) is 0.423. The maximum Gasteiger partial charge on any atom is 0.284 e. The minimum atomic E-state index is -0.456. The minimum Gasteiger partial charge on any atom is -0.357 e. The van der Waals surface area contributed by atoms with Gasteiger partial charge in [0.1, 0.15) is 4.83 Å². The summed E-state index contributed by atoms with van der Waals surface area (Å²) >= 11 is 1.59. The number of non-ortho nitro benzene ring substituents is 1. The third-order valence-corrected chi connectivity index (χ3v) is 5.80. The molecule has 0 aliphatic heterocycles. The zero-order valence-electron chi connectivity index (χ0n) is 14.6. The summed E-state index contributed by atoms with van der Waals surface area (Å²) in [7, 11) is 1.69. The molecule has 2 heterocycles. The summed E-state index contributed by atoms with van der Waals surface area (Å²) < 4.78 is 1.26. The van der Waals surface area contributed by atoms with Gasteiger partial charge in [-0.05, 0) is 48.9 Å². The number of nitro benzene ring substituents is 1. The molecule has 0 radical (unpaired) electrons. The van der Waals surface area contributed by atoms with E-state index in [0.29, 0.717) is 16.9 Å². The summed E-state index contributed by atoms with van der Waals surface area (Å²) in [6, 6.07) is 5.98. The highest BCUT2D eigenvalue weighted by atomic mass is 32.1. The summed E-state index contributed by atoms with van der Waals surface area (Å²) in [4.78, 5) is 30.0. The van der Waals surface area contributed by atoms with E-state index in [1.165, 1.54) is 27.9 Å². The maximum absolute atomic E-state index is 13.1. The normalized spacial score (nSPS) is 13.8. The van der Waals surface area contributed by atoms with Gasteiger partial charge in [-0.15, -0.1) is 11.3 Å². The fraction of sp³-hybridized carbons (Fsp3) is 0.278. The first kappa shape index (κ1) is 17.3. The molecule has 27 heavy (non-hydrogen) atoms. The molecule has 4 rings (SSSR count). The first-order chi connectivity index (χ1) is 13.1. The molecule has 0 fully saturated rings. The molecule has 2 aromatic heterocycles. The molecule has 1 N–H and O–H groups in total. The van der Waals surface area contributed by atoms with Crippen molar-refractivity contribution in [1.29, 1.82) is 0 Å². The van der Waals surface area contributed by atoms with E-state index in [1.54, 1.807) is 30.5 Å². The number of benzene rings is 1. The zero-order chi connectivity index (χ0) is 19.0. The topological polar surface area (TPSA) is 102 Å². The molecule has 0 bridgehead atoms. The number of fused-ring (bicyclic) bond motifs is 3. The molecular weight excluding hydrogens is 366 g/mol. The number of hydrogen-bond donors (Lipinski definition) is 1. The molecule has 0 amide bonds. The molecule has 1 aliphatic carbocycles. The fourth-order valence-electron chi connectivity index (χ4n) is 3.27. The SMILES string of the molecule is CNc1nc2sc3c(c2c(=O)n1/N=C/c1ccc([N+](=O)[O-])cc1)CCCC3. The largest absolute Gasteiger partial charge is 0.357 e. The van der Waals surface area contributed by atoms with Crippen LogP contribution in [0.4, 0.5) is 11.6 Å². The second kappa shape index (κ2) is 6.92. The van der Waals surface area contributed by atoms with E-state index in [2.05, 4.69) is 15.4 Å². The molecule has 0 saturated heterocycles. The molecule has 0 saturated carbocycles.